The molecule has 0 amide bonds. The van der Waals surface area contributed by atoms with Gasteiger partial charge in [0.2, 0.25) is 0 Å². The van der Waals surface area contributed by atoms with Crippen molar-refractivity contribution in [2.75, 3.05) is 6.61 Å². The Kier molecular flexibility index (Phi) is 6.37. The molecule has 0 spiro atoms. The van der Waals surface area contributed by atoms with Crippen molar-refractivity contribution in [2.45, 2.75) is 33.0 Å². The van der Waals surface area contributed by atoms with Crippen molar-refractivity contribution < 1.29 is 9.84 Å². The lowest BCUT2D eigenvalue weighted by Gasteiger charge is -2.19. The average Bonchev–Trinajstić information content (AvgIpc) is 2.59. The van der Waals surface area contributed by atoms with Gasteiger partial charge in [-0.05, 0) is 48.2 Å². The van der Waals surface area contributed by atoms with E-state index in [1.54, 1.807) is 12.4 Å². The normalized spacial score (nSPS) is 13.6. The summed E-state index contributed by atoms with van der Waals surface area (Å²) in [7, 11) is 0. The summed E-state index contributed by atoms with van der Waals surface area (Å²) < 4.78 is 5.75. The van der Waals surface area contributed by atoms with Crippen molar-refractivity contribution in [1.29, 1.82) is 0 Å². The molecule has 0 aliphatic carbocycles. The Hall–Kier alpha value is -1.91. The monoisotopic (exact) mass is 300 g/mol. The first-order chi connectivity index (χ1) is 10.7. The van der Waals surface area contributed by atoms with Gasteiger partial charge in [-0.15, -0.1) is 0 Å². The van der Waals surface area contributed by atoms with Crippen LogP contribution in [0, 0.1) is 5.92 Å². The fourth-order valence-corrected chi connectivity index (χ4v) is 1.99. The molecule has 2 atom stereocenters. The first-order valence-electron chi connectivity index (χ1n) is 7.64. The molecule has 2 rings (SSSR count). The molecule has 2 unspecified atom stereocenters. The van der Waals surface area contributed by atoms with Gasteiger partial charge in [0.25, 0.3) is 0 Å². The van der Waals surface area contributed by atoms with Gasteiger partial charge in [-0.1, -0.05) is 19.1 Å². The minimum atomic E-state index is 0.204. The van der Waals surface area contributed by atoms with Crippen LogP contribution in [-0.4, -0.2) is 22.7 Å². The Morgan fingerprint density at radius 1 is 1.05 bits per heavy atom. The second-order valence-electron chi connectivity index (χ2n) is 5.62. The third-order valence-electron chi connectivity index (χ3n) is 3.85. The fourth-order valence-electron chi connectivity index (χ4n) is 1.99. The van der Waals surface area contributed by atoms with Crippen LogP contribution < -0.4 is 10.1 Å². The molecule has 0 saturated carbocycles. The number of ether oxygens (including phenoxy) is 1. The van der Waals surface area contributed by atoms with Crippen LogP contribution in [0.3, 0.4) is 0 Å². The maximum atomic E-state index is 9.13. The molecule has 1 aromatic heterocycles. The number of nitrogens with one attached hydrogen (secondary N) is 1. The van der Waals surface area contributed by atoms with Crippen molar-refractivity contribution in [1.82, 2.24) is 10.3 Å². The molecule has 2 aromatic rings. The Morgan fingerprint density at radius 2 is 1.73 bits per heavy atom. The Bertz CT molecular complexity index is 543. The van der Waals surface area contributed by atoms with Crippen LogP contribution in [0.2, 0.25) is 0 Å². The second-order valence-corrected chi connectivity index (χ2v) is 5.62. The summed E-state index contributed by atoms with van der Waals surface area (Å²) in [5.41, 5.74) is 2.31. The predicted octanol–water partition coefficient (Wildman–Crippen LogP) is 2.77. The maximum absolute atomic E-state index is 9.13. The molecule has 0 saturated heterocycles. The van der Waals surface area contributed by atoms with Gasteiger partial charge in [0, 0.05) is 31.6 Å². The number of hydrogen-bond acceptors (Lipinski definition) is 4. The minimum absolute atomic E-state index is 0.204. The molecular weight excluding hydrogens is 276 g/mol. The highest BCUT2D eigenvalue weighted by atomic mass is 16.5. The highest BCUT2D eigenvalue weighted by Crippen LogP contribution is 2.14. The number of aromatic nitrogens is 1. The van der Waals surface area contributed by atoms with Crippen LogP contribution in [0.25, 0.3) is 0 Å². The lowest BCUT2D eigenvalue weighted by Crippen LogP contribution is -2.33. The van der Waals surface area contributed by atoms with Crippen LogP contribution in [0.4, 0.5) is 0 Å². The summed E-state index contributed by atoms with van der Waals surface area (Å²) in [6.07, 6.45) is 3.53. The van der Waals surface area contributed by atoms with Gasteiger partial charge in [-0.25, -0.2) is 0 Å². The van der Waals surface area contributed by atoms with Gasteiger partial charge >= 0.3 is 0 Å². The van der Waals surface area contributed by atoms with Crippen molar-refractivity contribution in [3.63, 3.8) is 0 Å². The van der Waals surface area contributed by atoms with E-state index >= 15 is 0 Å². The zero-order valence-corrected chi connectivity index (χ0v) is 13.2. The van der Waals surface area contributed by atoms with Crippen molar-refractivity contribution in [2.24, 2.45) is 5.92 Å². The number of benzene rings is 1. The maximum Gasteiger partial charge on any atom is 0.119 e. The molecule has 0 aliphatic rings. The molecule has 22 heavy (non-hydrogen) atoms. The Balaban J connectivity index is 1.80. The number of aliphatic hydroxyl groups is 1. The van der Waals surface area contributed by atoms with Crippen molar-refractivity contribution in [3.05, 3.63) is 59.9 Å². The molecule has 2 N–H and O–H groups in total. The summed E-state index contributed by atoms with van der Waals surface area (Å²) in [6.45, 7) is 5.66. The van der Waals surface area contributed by atoms with E-state index in [1.165, 1.54) is 5.56 Å². The smallest absolute Gasteiger partial charge is 0.119 e. The van der Waals surface area contributed by atoms with Crippen LogP contribution in [0.1, 0.15) is 25.0 Å². The van der Waals surface area contributed by atoms with Crippen LogP contribution in [0.5, 0.6) is 5.75 Å². The van der Waals surface area contributed by atoms with E-state index in [1.807, 2.05) is 31.2 Å². The standard InChI is InChI=1S/C18H24N2O2/c1-14(12-21)15(2)20-11-16-3-5-18(6-4-16)22-13-17-7-9-19-10-8-17/h3-10,14-15,20-21H,11-13H2,1-2H3. The molecule has 0 fully saturated rings. The van der Waals surface area contributed by atoms with E-state index in [9.17, 15) is 0 Å². The molecule has 0 aliphatic heterocycles. The third-order valence-corrected chi connectivity index (χ3v) is 3.85. The summed E-state index contributed by atoms with van der Waals surface area (Å²) >= 11 is 0. The first kappa shape index (κ1) is 16.5. The summed E-state index contributed by atoms with van der Waals surface area (Å²) in [5, 5.41) is 12.6. The van der Waals surface area contributed by atoms with Crippen LogP contribution in [0.15, 0.2) is 48.8 Å². The first-order valence-corrected chi connectivity index (χ1v) is 7.64. The molecule has 4 nitrogen and oxygen atoms in total. The minimum Gasteiger partial charge on any atom is -0.489 e. The number of rotatable bonds is 8. The molecule has 0 bridgehead atoms. The van der Waals surface area contributed by atoms with Gasteiger partial charge in [0.1, 0.15) is 12.4 Å². The number of pyridine rings is 1. The lowest BCUT2D eigenvalue weighted by atomic mass is 10.0. The van der Waals surface area contributed by atoms with Gasteiger partial charge in [-0.3, -0.25) is 4.98 Å². The SMILES string of the molecule is CC(CO)C(C)NCc1ccc(OCc2ccncc2)cc1. The van der Waals surface area contributed by atoms with Gasteiger partial charge in [0.15, 0.2) is 0 Å². The van der Waals surface area contributed by atoms with E-state index in [4.69, 9.17) is 9.84 Å². The average molecular weight is 300 g/mol. The van der Waals surface area contributed by atoms with Crippen LogP contribution in [-0.2, 0) is 13.2 Å². The number of aliphatic hydroxyl groups excluding tert-OH is 1. The van der Waals surface area contributed by atoms with E-state index in [2.05, 4.69) is 29.4 Å². The molecule has 1 heterocycles. The van der Waals surface area contributed by atoms with Crippen LogP contribution >= 0.6 is 0 Å². The van der Waals surface area contributed by atoms with Crippen molar-refractivity contribution in [3.8, 4) is 5.75 Å². The Morgan fingerprint density at radius 3 is 2.36 bits per heavy atom. The number of nitrogens with zero attached hydrogens (tertiary/aromatic N) is 1. The fraction of sp³-hybridized carbons (Fsp3) is 0.389. The van der Waals surface area contributed by atoms with Gasteiger partial charge in [0.05, 0.1) is 0 Å². The van der Waals surface area contributed by atoms with Crippen molar-refractivity contribution >= 4 is 0 Å². The Labute approximate surface area is 132 Å². The lowest BCUT2D eigenvalue weighted by molar-refractivity contribution is 0.207. The third kappa shape index (κ3) is 5.13. The second kappa shape index (κ2) is 8.51. The quantitative estimate of drug-likeness (QED) is 0.787. The molecule has 1 aromatic carbocycles. The molecule has 118 valence electrons. The summed E-state index contributed by atoms with van der Waals surface area (Å²) in [5.74, 6) is 1.11. The molecule has 0 radical (unpaired) electrons. The zero-order valence-electron chi connectivity index (χ0n) is 13.2. The van der Waals surface area contributed by atoms with E-state index in [0.29, 0.717) is 6.61 Å². The van der Waals surface area contributed by atoms with Gasteiger partial charge < -0.3 is 15.2 Å². The van der Waals surface area contributed by atoms with E-state index < -0.39 is 0 Å². The number of hydrogen-bond donors (Lipinski definition) is 2. The predicted molar refractivity (Wildman–Crippen MR) is 87.6 cm³/mol. The summed E-state index contributed by atoms with van der Waals surface area (Å²) in [6, 6.07) is 12.3. The van der Waals surface area contributed by atoms with E-state index in [0.717, 1.165) is 17.9 Å². The highest BCUT2D eigenvalue weighted by molar-refractivity contribution is 5.27. The highest BCUT2D eigenvalue weighted by Gasteiger charge is 2.09. The molecular formula is C18H24N2O2. The molecule has 4 heteroatoms. The largest absolute Gasteiger partial charge is 0.489 e. The van der Waals surface area contributed by atoms with E-state index in [-0.39, 0.29) is 18.6 Å². The van der Waals surface area contributed by atoms with Gasteiger partial charge in [-0.2, -0.15) is 0 Å². The topological polar surface area (TPSA) is 54.4 Å². The summed E-state index contributed by atoms with van der Waals surface area (Å²) in [4.78, 5) is 3.99. The zero-order chi connectivity index (χ0) is 15.8.